The highest BCUT2D eigenvalue weighted by molar-refractivity contribution is 8.00. The molecule has 0 amide bonds. The summed E-state index contributed by atoms with van der Waals surface area (Å²) in [7, 11) is 0. The number of thioether (sulfide) groups is 1. The number of nitrogens with zero attached hydrogens (tertiary/aromatic N) is 2. The van der Waals surface area contributed by atoms with Gasteiger partial charge in [-0.15, -0.1) is 28.2 Å². The van der Waals surface area contributed by atoms with Crippen LogP contribution in [0.3, 0.4) is 0 Å². The Morgan fingerprint density at radius 3 is 2.75 bits per heavy atom. The van der Waals surface area contributed by atoms with E-state index in [4.69, 9.17) is 0 Å². The predicted molar refractivity (Wildman–Crippen MR) is 83.7 cm³/mol. The van der Waals surface area contributed by atoms with Crippen LogP contribution in [0.4, 0.5) is 0 Å². The van der Waals surface area contributed by atoms with E-state index >= 15 is 0 Å². The highest BCUT2D eigenvalue weighted by Crippen LogP contribution is 2.30. The molecule has 0 saturated heterocycles. The Balaban J connectivity index is 1.75. The number of hydrogen-bond acceptors (Lipinski definition) is 6. The Labute approximate surface area is 128 Å². The number of hydrogen-bond donors (Lipinski definition) is 0. The average Bonchev–Trinajstić information content (AvgIpc) is 3.17. The number of thiophene rings is 1. The number of carbonyl (C=O) groups excluding carboxylic acids is 1. The van der Waals surface area contributed by atoms with E-state index in [1.54, 1.807) is 11.8 Å². The van der Waals surface area contributed by atoms with Crippen molar-refractivity contribution < 1.29 is 4.79 Å². The van der Waals surface area contributed by atoms with Gasteiger partial charge in [0, 0.05) is 5.75 Å². The lowest BCUT2D eigenvalue weighted by Gasteiger charge is -2.00. The highest BCUT2D eigenvalue weighted by Gasteiger charge is 2.19. The van der Waals surface area contributed by atoms with Crippen molar-refractivity contribution in [2.45, 2.75) is 9.96 Å². The molecule has 0 N–H and O–H groups in total. The van der Waals surface area contributed by atoms with Crippen LogP contribution in [0.2, 0.25) is 0 Å². The monoisotopic (exact) mass is 318 g/mol. The molecular formula is C14H10N2OS3. The summed E-state index contributed by atoms with van der Waals surface area (Å²) in [6.45, 7) is 0. The number of ketones is 1. The lowest BCUT2D eigenvalue weighted by atomic mass is 10.2. The van der Waals surface area contributed by atoms with Crippen molar-refractivity contribution in [3.05, 3.63) is 64.0 Å². The standard InChI is InChI=1S/C14H10N2OS3/c17-13(11-7-4-8-18-11)12-14(20-16-15-12)19-9-10-5-2-1-3-6-10/h1-8H,9H2. The molecule has 0 spiro atoms. The number of rotatable bonds is 5. The predicted octanol–water partition coefficient (Wildman–Crippen LogP) is 4.12. The Kier molecular flexibility index (Phi) is 4.25. The van der Waals surface area contributed by atoms with Crippen LogP contribution in [0, 0.1) is 0 Å². The molecule has 0 fully saturated rings. The van der Waals surface area contributed by atoms with E-state index < -0.39 is 0 Å². The van der Waals surface area contributed by atoms with E-state index in [0.717, 1.165) is 9.96 Å². The molecule has 0 unspecified atom stereocenters. The molecule has 1 aromatic carbocycles. The fourth-order valence-corrected chi connectivity index (χ4v) is 3.99. The first kappa shape index (κ1) is 13.5. The first-order valence-electron chi connectivity index (χ1n) is 5.92. The van der Waals surface area contributed by atoms with Crippen molar-refractivity contribution in [1.82, 2.24) is 9.59 Å². The molecule has 3 aromatic rings. The van der Waals surface area contributed by atoms with Gasteiger partial charge in [0.25, 0.3) is 0 Å². The summed E-state index contributed by atoms with van der Waals surface area (Å²) in [4.78, 5) is 13.0. The van der Waals surface area contributed by atoms with Gasteiger partial charge >= 0.3 is 0 Å². The summed E-state index contributed by atoms with van der Waals surface area (Å²) in [6, 6.07) is 13.8. The molecule has 6 heteroatoms. The Morgan fingerprint density at radius 1 is 1.15 bits per heavy atom. The van der Waals surface area contributed by atoms with Gasteiger partial charge in [-0.2, -0.15) is 0 Å². The lowest BCUT2D eigenvalue weighted by molar-refractivity contribution is 0.103. The van der Waals surface area contributed by atoms with E-state index in [9.17, 15) is 4.79 Å². The smallest absolute Gasteiger partial charge is 0.225 e. The van der Waals surface area contributed by atoms with Crippen molar-refractivity contribution in [3.63, 3.8) is 0 Å². The first-order chi connectivity index (χ1) is 9.84. The SMILES string of the molecule is O=C(c1cccs1)c1nnsc1SCc1ccccc1. The van der Waals surface area contributed by atoms with Crippen molar-refractivity contribution in [2.24, 2.45) is 0 Å². The van der Waals surface area contributed by atoms with Gasteiger partial charge in [0.1, 0.15) is 4.21 Å². The molecule has 100 valence electrons. The topological polar surface area (TPSA) is 42.9 Å². The minimum Gasteiger partial charge on any atom is -0.286 e. The number of carbonyl (C=O) groups is 1. The van der Waals surface area contributed by atoms with Crippen LogP contribution < -0.4 is 0 Å². The third-order valence-electron chi connectivity index (χ3n) is 2.63. The molecule has 0 aliphatic carbocycles. The molecule has 3 rings (SSSR count). The van der Waals surface area contributed by atoms with Gasteiger partial charge in [-0.25, -0.2) is 0 Å². The van der Waals surface area contributed by atoms with Crippen LogP contribution in [0.25, 0.3) is 0 Å². The Morgan fingerprint density at radius 2 is 2.00 bits per heavy atom. The van der Waals surface area contributed by atoms with E-state index in [1.165, 1.54) is 28.4 Å². The van der Waals surface area contributed by atoms with Crippen LogP contribution in [-0.2, 0) is 5.75 Å². The van der Waals surface area contributed by atoms with Gasteiger partial charge in [-0.1, -0.05) is 40.9 Å². The second-order valence-corrected chi connectivity index (χ2v) is 6.94. The number of benzene rings is 1. The Bertz CT molecular complexity index is 692. The first-order valence-corrected chi connectivity index (χ1v) is 8.56. The normalized spacial score (nSPS) is 10.6. The minimum atomic E-state index is -0.0377. The fourth-order valence-electron chi connectivity index (χ4n) is 1.66. The van der Waals surface area contributed by atoms with Gasteiger partial charge in [0.05, 0.1) is 4.88 Å². The second-order valence-electron chi connectivity index (χ2n) is 3.99. The summed E-state index contributed by atoms with van der Waals surface area (Å²) >= 11 is 4.32. The maximum absolute atomic E-state index is 12.3. The molecule has 0 radical (unpaired) electrons. The van der Waals surface area contributed by atoms with Crippen molar-refractivity contribution in [3.8, 4) is 0 Å². The Hall–Kier alpha value is -1.50. The van der Waals surface area contributed by atoms with Crippen molar-refractivity contribution in [2.75, 3.05) is 0 Å². The van der Waals surface area contributed by atoms with Crippen LogP contribution in [0.15, 0.2) is 52.1 Å². The van der Waals surface area contributed by atoms with Gasteiger partial charge in [-0.3, -0.25) is 4.79 Å². The molecule has 0 aliphatic heterocycles. The van der Waals surface area contributed by atoms with Gasteiger partial charge in [-0.05, 0) is 28.5 Å². The van der Waals surface area contributed by atoms with Crippen LogP contribution >= 0.6 is 34.6 Å². The largest absolute Gasteiger partial charge is 0.286 e. The van der Waals surface area contributed by atoms with E-state index in [-0.39, 0.29) is 5.78 Å². The van der Waals surface area contributed by atoms with Gasteiger partial charge < -0.3 is 0 Å². The third-order valence-corrected chi connectivity index (χ3v) is 5.53. The van der Waals surface area contributed by atoms with Gasteiger partial charge in [0.15, 0.2) is 5.69 Å². The lowest BCUT2D eigenvalue weighted by Crippen LogP contribution is -2.00. The molecule has 0 saturated carbocycles. The molecule has 0 aliphatic rings. The minimum absolute atomic E-state index is 0.0377. The molecule has 2 aromatic heterocycles. The van der Waals surface area contributed by atoms with Crippen molar-refractivity contribution in [1.29, 1.82) is 0 Å². The summed E-state index contributed by atoms with van der Waals surface area (Å²) < 4.78 is 4.80. The van der Waals surface area contributed by atoms with E-state index in [0.29, 0.717) is 10.6 Å². The third kappa shape index (κ3) is 2.98. The fraction of sp³-hybridized carbons (Fsp3) is 0.0714. The maximum atomic E-state index is 12.3. The molecule has 20 heavy (non-hydrogen) atoms. The molecule has 0 bridgehead atoms. The van der Waals surface area contributed by atoms with Gasteiger partial charge in [0.2, 0.25) is 5.78 Å². The number of aromatic nitrogens is 2. The van der Waals surface area contributed by atoms with E-state index in [2.05, 4.69) is 21.7 Å². The summed E-state index contributed by atoms with van der Waals surface area (Å²) in [6.07, 6.45) is 0. The highest BCUT2D eigenvalue weighted by atomic mass is 32.2. The summed E-state index contributed by atoms with van der Waals surface area (Å²) in [5.74, 6) is 0.777. The molecule has 0 atom stereocenters. The molecule has 2 heterocycles. The van der Waals surface area contributed by atoms with Crippen LogP contribution in [0.1, 0.15) is 20.9 Å². The zero-order chi connectivity index (χ0) is 13.8. The zero-order valence-electron chi connectivity index (χ0n) is 10.4. The van der Waals surface area contributed by atoms with Crippen LogP contribution in [0.5, 0.6) is 0 Å². The quantitative estimate of drug-likeness (QED) is 0.524. The van der Waals surface area contributed by atoms with E-state index in [1.807, 2.05) is 35.7 Å². The summed E-state index contributed by atoms with van der Waals surface area (Å²) in [5.41, 5.74) is 1.69. The maximum Gasteiger partial charge on any atom is 0.225 e. The van der Waals surface area contributed by atoms with Crippen molar-refractivity contribution >= 4 is 40.4 Å². The van der Waals surface area contributed by atoms with Crippen LogP contribution in [-0.4, -0.2) is 15.4 Å². The zero-order valence-corrected chi connectivity index (χ0v) is 12.8. The molecular weight excluding hydrogens is 308 g/mol. The molecule has 3 nitrogen and oxygen atoms in total. The average molecular weight is 318 g/mol. The second kappa shape index (κ2) is 6.30. The summed E-state index contributed by atoms with van der Waals surface area (Å²) in [5, 5.41) is 5.88.